The van der Waals surface area contributed by atoms with Crippen LogP contribution in [0.3, 0.4) is 0 Å². The van der Waals surface area contributed by atoms with Gasteiger partial charge in [0.25, 0.3) is 6.43 Å². The Morgan fingerprint density at radius 1 is 1.12 bits per heavy atom. The van der Waals surface area contributed by atoms with Crippen molar-refractivity contribution in [2.75, 3.05) is 0 Å². The molecule has 0 amide bonds. The molecule has 1 aromatic carbocycles. The van der Waals surface area contributed by atoms with E-state index in [1.165, 1.54) is 6.07 Å². The molecule has 0 saturated carbocycles. The second-order valence-corrected chi connectivity index (χ2v) is 5.76. The number of rotatable bonds is 4. The van der Waals surface area contributed by atoms with Crippen molar-refractivity contribution in [2.24, 2.45) is 0 Å². The monoisotopic (exact) mass is 359 g/mol. The molecule has 4 aromatic rings. The van der Waals surface area contributed by atoms with E-state index >= 15 is 0 Å². The van der Waals surface area contributed by atoms with Crippen molar-refractivity contribution in [1.29, 1.82) is 0 Å². The Kier molecular flexibility index (Phi) is 3.90. The third-order valence-electron chi connectivity index (χ3n) is 4.11. The number of benzene rings is 1. The normalized spacial score (nSPS) is 11.6. The number of halogens is 3. The van der Waals surface area contributed by atoms with Gasteiger partial charge < -0.3 is 0 Å². The summed E-state index contributed by atoms with van der Waals surface area (Å²) in [5, 5.41) is 11.8. The first-order chi connectivity index (χ1) is 12.5. The fourth-order valence-corrected chi connectivity index (χ4v) is 2.67. The highest BCUT2D eigenvalue weighted by Gasteiger charge is 2.16. The van der Waals surface area contributed by atoms with Crippen molar-refractivity contribution in [2.45, 2.75) is 19.9 Å². The number of nitrogens with zero attached hydrogens (tertiary/aromatic N) is 5. The van der Waals surface area contributed by atoms with Gasteiger partial charge in [-0.2, -0.15) is 5.10 Å². The second-order valence-electron chi connectivity index (χ2n) is 5.76. The predicted molar refractivity (Wildman–Crippen MR) is 86.0 cm³/mol. The van der Waals surface area contributed by atoms with Crippen LogP contribution in [0.2, 0.25) is 0 Å². The van der Waals surface area contributed by atoms with Crippen LogP contribution >= 0.6 is 0 Å². The molecular weight excluding hydrogens is 347 g/mol. The standard InChI is InChI=1S/C17H12F3N5O/c1-9-15(24-26-23-9)8-25-16-5-11(6-21-14(16)7-22-25)10-2-3-13(18)12(4-10)17(19)20/h2-7,17H,8H2,1H3. The largest absolute Gasteiger partial charge is 0.266 e. The molecule has 0 radical (unpaired) electrons. The number of hydrogen-bond acceptors (Lipinski definition) is 5. The van der Waals surface area contributed by atoms with Gasteiger partial charge in [-0.25, -0.2) is 17.8 Å². The molecule has 26 heavy (non-hydrogen) atoms. The molecular formula is C17H12F3N5O. The number of aromatic nitrogens is 5. The first-order valence-corrected chi connectivity index (χ1v) is 7.70. The Morgan fingerprint density at radius 3 is 2.69 bits per heavy atom. The lowest BCUT2D eigenvalue weighted by atomic mass is 10.0. The average Bonchev–Trinajstić information content (AvgIpc) is 3.22. The van der Waals surface area contributed by atoms with Gasteiger partial charge in [0.05, 0.1) is 23.8 Å². The van der Waals surface area contributed by atoms with E-state index in [-0.39, 0.29) is 0 Å². The maximum Gasteiger partial charge on any atom is 0.266 e. The van der Waals surface area contributed by atoms with Crippen molar-refractivity contribution in [3.63, 3.8) is 0 Å². The van der Waals surface area contributed by atoms with Crippen molar-refractivity contribution in [3.8, 4) is 11.1 Å². The minimum absolute atomic E-state index is 0.329. The van der Waals surface area contributed by atoms with Crippen molar-refractivity contribution in [1.82, 2.24) is 25.1 Å². The van der Waals surface area contributed by atoms with Gasteiger partial charge in [0, 0.05) is 11.8 Å². The van der Waals surface area contributed by atoms with Crippen molar-refractivity contribution in [3.05, 3.63) is 59.4 Å². The number of fused-ring (bicyclic) bond motifs is 1. The Bertz CT molecular complexity index is 1090. The van der Waals surface area contributed by atoms with E-state index in [2.05, 4.69) is 25.0 Å². The van der Waals surface area contributed by atoms with Crippen LogP contribution < -0.4 is 0 Å². The first kappa shape index (κ1) is 16.2. The molecule has 0 saturated heterocycles. The molecule has 0 spiro atoms. The van der Waals surface area contributed by atoms with Crippen LogP contribution in [0.15, 0.2) is 41.3 Å². The van der Waals surface area contributed by atoms with Gasteiger partial charge in [-0.05, 0) is 30.7 Å². The second kappa shape index (κ2) is 6.25. The maximum atomic E-state index is 13.5. The van der Waals surface area contributed by atoms with Gasteiger partial charge in [-0.3, -0.25) is 9.67 Å². The molecule has 0 aliphatic rings. The molecule has 0 aliphatic carbocycles. The quantitative estimate of drug-likeness (QED) is 0.552. The molecule has 0 unspecified atom stereocenters. The van der Waals surface area contributed by atoms with E-state index in [1.807, 2.05) is 0 Å². The Morgan fingerprint density at radius 2 is 1.96 bits per heavy atom. The van der Waals surface area contributed by atoms with Gasteiger partial charge in [-0.1, -0.05) is 16.4 Å². The SMILES string of the molecule is Cc1nonc1Cn1ncc2ncc(-c3ccc(F)c(C(F)F)c3)cc21. The summed E-state index contributed by atoms with van der Waals surface area (Å²) in [6.45, 7) is 2.10. The fourth-order valence-electron chi connectivity index (χ4n) is 2.67. The Hall–Kier alpha value is -3.23. The lowest BCUT2D eigenvalue weighted by Crippen LogP contribution is -2.03. The van der Waals surface area contributed by atoms with Crippen LogP contribution in [0.1, 0.15) is 23.4 Å². The summed E-state index contributed by atoms with van der Waals surface area (Å²) in [6.07, 6.45) is 0.247. The van der Waals surface area contributed by atoms with E-state index < -0.39 is 17.8 Å². The first-order valence-electron chi connectivity index (χ1n) is 7.70. The Balaban J connectivity index is 1.77. The van der Waals surface area contributed by atoms with E-state index in [0.717, 1.165) is 12.1 Å². The smallest absolute Gasteiger partial charge is 0.257 e. The Labute approximate surface area is 145 Å². The highest BCUT2D eigenvalue weighted by atomic mass is 19.3. The maximum absolute atomic E-state index is 13.5. The van der Waals surface area contributed by atoms with E-state index in [9.17, 15) is 13.2 Å². The summed E-state index contributed by atoms with van der Waals surface area (Å²) in [7, 11) is 0. The van der Waals surface area contributed by atoms with Gasteiger partial charge >= 0.3 is 0 Å². The molecule has 0 aliphatic heterocycles. The number of alkyl halides is 2. The molecule has 3 heterocycles. The molecule has 6 nitrogen and oxygen atoms in total. The van der Waals surface area contributed by atoms with Gasteiger partial charge in [0.15, 0.2) is 0 Å². The van der Waals surface area contributed by atoms with Crippen LogP contribution in [0.25, 0.3) is 22.2 Å². The average molecular weight is 359 g/mol. The van der Waals surface area contributed by atoms with Crippen LogP contribution in [0.5, 0.6) is 0 Å². The van der Waals surface area contributed by atoms with Crippen LogP contribution in [0.4, 0.5) is 13.2 Å². The van der Waals surface area contributed by atoms with Crippen LogP contribution in [0, 0.1) is 12.7 Å². The summed E-state index contributed by atoms with van der Waals surface area (Å²) in [6, 6.07) is 5.37. The zero-order valence-corrected chi connectivity index (χ0v) is 13.5. The summed E-state index contributed by atoms with van der Waals surface area (Å²) >= 11 is 0. The topological polar surface area (TPSA) is 69.6 Å². The number of hydrogen-bond donors (Lipinski definition) is 0. The lowest BCUT2D eigenvalue weighted by molar-refractivity contribution is 0.146. The van der Waals surface area contributed by atoms with Gasteiger partial charge in [-0.15, -0.1) is 0 Å². The minimum atomic E-state index is -2.89. The van der Waals surface area contributed by atoms with Gasteiger partial charge in [0.1, 0.15) is 22.7 Å². The van der Waals surface area contributed by atoms with Crippen molar-refractivity contribution >= 4 is 11.0 Å². The van der Waals surface area contributed by atoms with Gasteiger partial charge in [0.2, 0.25) is 0 Å². The van der Waals surface area contributed by atoms with Crippen LogP contribution in [-0.2, 0) is 6.54 Å². The molecule has 132 valence electrons. The lowest BCUT2D eigenvalue weighted by Gasteiger charge is -2.07. The predicted octanol–water partition coefficient (Wildman–Crippen LogP) is 3.91. The minimum Gasteiger partial charge on any atom is -0.257 e. The molecule has 0 N–H and O–H groups in total. The summed E-state index contributed by atoms with van der Waals surface area (Å²) < 4.78 is 45.8. The third kappa shape index (κ3) is 2.81. The van der Waals surface area contributed by atoms with E-state index in [0.29, 0.717) is 40.1 Å². The summed E-state index contributed by atoms with van der Waals surface area (Å²) in [4.78, 5) is 4.30. The van der Waals surface area contributed by atoms with Crippen molar-refractivity contribution < 1.29 is 17.8 Å². The van der Waals surface area contributed by atoms with Crippen LogP contribution in [-0.4, -0.2) is 25.1 Å². The molecule has 0 atom stereocenters. The van der Waals surface area contributed by atoms with E-state index in [4.69, 9.17) is 0 Å². The fraction of sp³-hybridized carbons (Fsp3) is 0.176. The highest BCUT2D eigenvalue weighted by molar-refractivity contribution is 5.80. The molecule has 3 aromatic heterocycles. The number of pyridine rings is 1. The highest BCUT2D eigenvalue weighted by Crippen LogP contribution is 2.29. The third-order valence-corrected chi connectivity index (χ3v) is 4.11. The van der Waals surface area contributed by atoms with E-state index in [1.54, 1.807) is 30.1 Å². The molecule has 4 rings (SSSR count). The number of aryl methyl sites for hydroxylation is 1. The molecule has 0 fully saturated rings. The summed E-state index contributed by atoms with van der Waals surface area (Å²) in [5.74, 6) is -0.933. The molecule has 9 heteroatoms. The summed E-state index contributed by atoms with van der Waals surface area (Å²) in [5.41, 5.74) is 2.99. The zero-order chi connectivity index (χ0) is 18.3. The zero-order valence-electron chi connectivity index (χ0n) is 13.5. The molecule has 0 bridgehead atoms.